The summed E-state index contributed by atoms with van der Waals surface area (Å²) >= 11 is 0. The molecule has 0 amide bonds. The zero-order valence-electron chi connectivity index (χ0n) is 31.2. The maximum atomic E-state index is 2.43. The molecule has 0 heterocycles. The van der Waals surface area contributed by atoms with E-state index >= 15 is 0 Å². The van der Waals surface area contributed by atoms with Gasteiger partial charge in [0.15, 0.2) is 0 Å². The van der Waals surface area contributed by atoms with Crippen LogP contribution >= 0.6 is 0 Å². The van der Waals surface area contributed by atoms with E-state index in [1.807, 2.05) is 0 Å². The molecule has 2 heteroatoms. The van der Waals surface area contributed by atoms with Gasteiger partial charge in [-0.25, -0.2) is 0 Å². The molecule has 1 aliphatic carbocycles. The van der Waals surface area contributed by atoms with Crippen LogP contribution in [0.3, 0.4) is 0 Å². The molecule has 1 atom stereocenters. The van der Waals surface area contributed by atoms with Gasteiger partial charge in [-0.1, -0.05) is 176 Å². The Bertz CT molecular complexity index is 2560. The zero-order valence-corrected chi connectivity index (χ0v) is 31.2. The fourth-order valence-electron chi connectivity index (χ4n) is 7.90. The molecule has 1 unspecified atom stereocenters. The normalized spacial score (nSPS) is 14.1. The second-order valence-electron chi connectivity index (χ2n) is 14.1. The first-order chi connectivity index (χ1) is 27.8. The van der Waals surface area contributed by atoms with Crippen molar-refractivity contribution in [3.8, 4) is 0 Å². The van der Waals surface area contributed by atoms with E-state index < -0.39 is 0 Å². The van der Waals surface area contributed by atoms with E-state index in [1.165, 1.54) is 49.6 Å². The first-order valence-electron chi connectivity index (χ1n) is 19.4. The van der Waals surface area contributed by atoms with Gasteiger partial charge in [-0.15, -0.1) is 0 Å². The van der Waals surface area contributed by atoms with Gasteiger partial charge in [0.05, 0.1) is 6.04 Å². The molecule has 0 bridgehead atoms. The maximum Gasteiger partial charge on any atom is 0.0560 e. The molecule has 9 rings (SSSR count). The molecule has 0 N–H and O–H groups in total. The van der Waals surface area contributed by atoms with Gasteiger partial charge in [0.1, 0.15) is 0 Å². The Labute approximate surface area is 329 Å². The lowest BCUT2D eigenvalue weighted by molar-refractivity contribution is 0.782. The van der Waals surface area contributed by atoms with Crippen molar-refractivity contribution < 1.29 is 0 Å². The lowest BCUT2D eigenvalue weighted by atomic mass is 9.90. The number of para-hydroxylation sites is 4. The van der Waals surface area contributed by atoms with Crippen LogP contribution in [0.1, 0.15) is 23.1 Å². The van der Waals surface area contributed by atoms with E-state index in [2.05, 4.69) is 246 Å². The first kappa shape index (κ1) is 34.6. The van der Waals surface area contributed by atoms with E-state index in [4.69, 9.17) is 0 Å². The average molecular weight is 719 g/mol. The van der Waals surface area contributed by atoms with Gasteiger partial charge in [-0.2, -0.15) is 0 Å². The summed E-state index contributed by atoms with van der Waals surface area (Å²) in [6.45, 7) is 0. The third kappa shape index (κ3) is 7.21. The third-order valence-corrected chi connectivity index (χ3v) is 10.6. The number of fused-ring (bicyclic) bond motifs is 2. The van der Waals surface area contributed by atoms with Crippen molar-refractivity contribution in [1.82, 2.24) is 0 Å². The monoisotopic (exact) mass is 718 g/mol. The highest BCUT2D eigenvalue weighted by molar-refractivity contribution is 6.13. The Morgan fingerprint density at radius 2 is 0.768 bits per heavy atom. The Morgan fingerprint density at radius 3 is 1.20 bits per heavy atom. The molecule has 268 valence electrons. The molecule has 0 saturated carbocycles. The van der Waals surface area contributed by atoms with E-state index in [-0.39, 0.29) is 6.04 Å². The van der Waals surface area contributed by atoms with Crippen LogP contribution in [0.2, 0.25) is 0 Å². The molecule has 0 aromatic heterocycles. The molecule has 0 saturated heterocycles. The number of allylic oxidation sites excluding steroid dienone is 3. The summed E-state index contributed by atoms with van der Waals surface area (Å²) in [7, 11) is 0. The molecule has 2 nitrogen and oxygen atoms in total. The molecule has 0 aliphatic heterocycles. The maximum absolute atomic E-state index is 2.43. The van der Waals surface area contributed by atoms with Crippen LogP contribution in [0.5, 0.6) is 0 Å². The molecule has 8 aromatic rings. The number of anilines is 5. The number of rotatable bonds is 10. The summed E-state index contributed by atoms with van der Waals surface area (Å²) in [4.78, 5) is 4.72. The van der Waals surface area contributed by atoms with Crippen molar-refractivity contribution in [1.29, 1.82) is 0 Å². The van der Waals surface area contributed by atoms with E-state index in [1.54, 1.807) is 0 Å². The fraction of sp³-hybridized carbons (Fsp3) is 0.0370. The van der Waals surface area contributed by atoms with E-state index in [0.29, 0.717) is 0 Å². The number of hydrogen-bond acceptors (Lipinski definition) is 2. The highest BCUT2D eigenvalue weighted by Gasteiger charge is 2.20. The van der Waals surface area contributed by atoms with Crippen LogP contribution in [0.25, 0.3) is 39.8 Å². The van der Waals surface area contributed by atoms with Crippen molar-refractivity contribution in [3.63, 3.8) is 0 Å². The zero-order chi connectivity index (χ0) is 37.5. The highest BCUT2D eigenvalue weighted by Crippen LogP contribution is 2.37. The Morgan fingerprint density at radius 1 is 0.375 bits per heavy atom. The lowest BCUT2D eigenvalue weighted by Gasteiger charge is -2.33. The summed E-state index contributed by atoms with van der Waals surface area (Å²) in [5.74, 6) is 0. The minimum atomic E-state index is 0.229. The predicted molar refractivity (Wildman–Crippen MR) is 241 cm³/mol. The topological polar surface area (TPSA) is 6.48 Å². The second-order valence-corrected chi connectivity index (χ2v) is 14.1. The van der Waals surface area contributed by atoms with Gasteiger partial charge < -0.3 is 9.80 Å². The number of benzene rings is 8. The quantitative estimate of drug-likeness (QED) is 0.103. The SMILES string of the molecule is C1=CC(N(c2ccccc2)c2ccccc2)CC=C1/C=C/c1c2ccccc2c(/C=C/c2ccc(N(c3ccccc3)c3ccccc3)cc2)c2ccccc12. The summed E-state index contributed by atoms with van der Waals surface area (Å²) in [5, 5.41) is 4.98. The minimum absolute atomic E-state index is 0.229. The van der Waals surface area contributed by atoms with Crippen LogP contribution in [0.15, 0.2) is 224 Å². The van der Waals surface area contributed by atoms with Crippen LogP contribution in [-0.2, 0) is 0 Å². The predicted octanol–water partition coefficient (Wildman–Crippen LogP) is 14.7. The van der Waals surface area contributed by atoms with Gasteiger partial charge in [-0.3, -0.25) is 0 Å². The van der Waals surface area contributed by atoms with E-state index in [0.717, 1.165) is 29.0 Å². The van der Waals surface area contributed by atoms with Crippen LogP contribution in [0, 0.1) is 0 Å². The number of hydrogen-bond donors (Lipinski definition) is 0. The molecule has 1 aliphatic rings. The van der Waals surface area contributed by atoms with Gasteiger partial charge in [0.2, 0.25) is 0 Å². The van der Waals surface area contributed by atoms with Crippen LogP contribution in [-0.4, -0.2) is 6.04 Å². The minimum Gasteiger partial charge on any atom is -0.334 e. The summed E-state index contributed by atoms with van der Waals surface area (Å²) in [6, 6.07) is 69.1. The largest absolute Gasteiger partial charge is 0.334 e. The Kier molecular flexibility index (Phi) is 9.92. The molecular weight excluding hydrogens is 677 g/mol. The average Bonchev–Trinajstić information content (AvgIpc) is 3.27. The molecule has 0 radical (unpaired) electrons. The Balaban J connectivity index is 1.01. The van der Waals surface area contributed by atoms with Crippen molar-refractivity contribution in [2.75, 3.05) is 9.80 Å². The van der Waals surface area contributed by atoms with Gasteiger partial charge in [0, 0.05) is 28.4 Å². The van der Waals surface area contributed by atoms with Gasteiger partial charge in [-0.05, 0) is 111 Å². The fourth-order valence-corrected chi connectivity index (χ4v) is 7.90. The molecule has 8 aromatic carbocycles. The smallest absolute Gasteiger partial charge is 0.0560 e. The lowest BCUT2D eigenvalue weighted by Crippen LogP contribution is -2.30. The highest BCUT2D eigenvalue weighted by atomic mass is 15.2. The third-order valence-electron chi connectivity index (χ3n) is 10.6. The van der Waals surface area contributed by atoms with Crippen LogP contribution in [0.4, 0.5) is 28.4 Å². The first-order valence-corrected chi connectivity index (χ1v) is 19.4. The summed E-state index contributed by atoms with van der Waals surface area (Å²) in [5.41, 5.74) is 10.6. The van der Waals surface area contributed by atoms with Crippen molar-refractivity contribution >= 4 is 68.2 Å². The Hall–Kier alpha value is -7.16. The summed E-state index contributed by atoms with van der Waals surface area (Å²) in [6.07, 6.45) is 17.0. The molecule has 0 spiro atoms. The number of nitrogens with zero attached hydrogens (tertiary/aromatic N) is 2. The second kappa shape index (κ2) is 16.1. The van der Waals surface area contributed by atoms with Crippen LogP contribution < -0.4 is 9.80 Å². The molecule has 0 fully saturated rings. The van der Waals surface area contributed by atoms with E-state index in [9.17, 15) is 0 Å². The molecule has 56 heavy (non-hydrogen) atoms. The van der Waals surface area contributed by atoms with Crippen molar-refractivity contribution in [2.24, 2.45) is 0 Å². The molecular formula is C54H42N2. The van der Waals surface area contributed by atoms with Crippen molar-refractivity contribution in [3.05, 3.63) is 241 Å². The van der Waals surface area contributed by atoms with Gasteiger partial charge in [0.25, 0.3) is 0 Å². The van der Waals surface area contributed by atoms with Crippen molar-refractivity contribution in [2.45, 2.75) is 12.5 Å². The standard InChI is InChI=1S/C54H42N2/c1-5-17-43(18-6-1)55(44-19-7-2-8-20-44)47-35-29-41(30-36-47)33-39-53-49-25-13-15-27-51(49)54(52-28-16-14-26-50(52)53)40-34-42-31-37-48(38-32-42)56(45-21-9-3-10-22-45)46-23-11-4-12-24-46/h1-37,39-40,48H,38H2/b39-33+,40-34+. The summed E-state index contributed by atoms with van der Waals surface area (Å²) < 4.78 is 0. The van der Waals surface area contributed by atoms with Gasteiger partial charge >= 0.3 is 0 Å².